The number of rotatable bonds is 3. The second-order valence-corrected chi connectivity index (χ2v) is 6.85. The van der Waals surface area contributed by atoms with Crippen LogP contribution in [0.25, 0.3) is 0 Å². The molecule has 0 amide bonds. The molecule has 0 radical (unpaired) electrons. The van der Waals surface area contributed by atoms with Gasteiger partial charge in [0.2, 0.25) is 0 Å². The van der Waals surface area contributed by atoms with Crippen LogP contribution in [0.2, 0.25) is 0 Å². The average Bonchev–Trinajstić information content (AvgIpc) is 2.40. The summed E-state index contributed by atoms with van der Waals surface area (Å²) < 4.78 is 4.80. The first-order valence-corrected chi connectivity index (χ1v) is 7.57. The molecule has 0 spiro atoms. The first-order chi connectivity index (χ1) is 9.82. The first kappa shape index (κ1) is 15.7. The number of anilines is 2. The quantitative estimate of drug-likeness (QED) is 0.657. The van der Waals surface area contributed by atoms with Crippen LogP contribution >= 0.6 is 0 Å². The summed E-state index contributed by atoms with van der Waals surface area (Å²) in [4.78, 5) is 11.8. The molecule has 1 aliphatic rings. The smallest absolute Gasteiger partial charge is 0.340 e. The van der Waals surface area contributed by atoms with Crippen molar-refractivity contribution in [3.63, 3.8) is 0 Å². The van der Waals surface area contributed by atoms with E-state index in [1.165, 1.54) is 26.4 Å². The fraction of sp³-hybridized carbons (Fsp3) is 0.588. The van der Waals surface area contributed by atoms with Crippen molar-refractivity contribution in [2.45, 2.75) is 52.5 Å². The number of nitrogens with two attached hydrogens (primary N) is 1. The van der Waals surface area contributed by atoms with E-state index >= 15 is 0 Å². The van der Waals surface area contributed by atoms with Gasteiger partial charge in [0.15, 0.2) is 0 Å². The Kier molecular flexibility index (Phi) is 4.45. The summed E-state index contributed by atoms with van der Waals surface area (Å²) in [5.74, 6) is -0.386. The van der Waals surface area contributed by atoms with Crippen molar-refractivity contribution < 1.29 is 9.53 Å². The standard InChI is InChI=1S/C17H26N2O2/c1-11-8-13(9-14(15(11)18)16(20)21-4)19-12-6-5-7-17(2,3)10-12/h8-9,12,19H,5-7,10,18H2,1-4H3. The molecule has 1 aromatic carbocycles. The van der Waals surface area contributed by atoms with Gasteiger partial charge in [-0.25, -0.2) is 4.79 Å². The molecule has 1 unspecified atom stereocenters. The number of esters is 1. The summed E-state index contributed by atoms with van der Waals surface area (Å²) in [5, 5.41) is 3.56. The molecule has 4 heteroatoms. The highest BCUT2D eigenvalue weighted by Crippen LogP contribution is 2.36. The third-order valence-electron chi connectivity index (χ3n) is 4.37. The zero-order chi connectivity index (χ0) is 15.6. The summed E-state index contributed by atoms with van der Waals surface area (Å²) in [6, 6.07) is 4.25. The maximum atomic E-state index is 11.8. The maximum Gasteiger partial charge on any atom is 0.340 e. The minimum Gasteiger partial charge on any atom is -0.465 e. The molecule has 1 fully saturated rings. The third kappa shape index (κ3) is 3.69. The Morgan fingerprint density at radius 3 is 2.76 bits per heavy atom. The molecule has 0 heterocycles. The number of carbonyl (C=O) groups excluding carboxylic acids is 1. The molecule has 1 aliphatic carbocycles. The molecule has 1 saturated carbocycles. The summed E-state index contributed by atoms with van der Waals surface area (Å²) in [5.41, 5.74) is 9.14. The highest BCUT2D eigenvalue weighted by Gasteiger charge is 2.28. The SMILES string of the molecule is COC(=O)c1cc(NC2CCCC(C)(C)C2)cc(C)c1N. The molecular formula is C17H26N2O2. The fourth-order valence-corrected chi connectivity index (χ4v) is 3.22. The molecule has 2 rings (SSSR count). The van der Waals surface area contributed by atoms with Gasteiger partial charge in [0, 0.05) is 17.4 Å². The number of hydrogen-bond donors (Lipinski definition) is 2. The predicted octanol–water partition coefficient (Wildman–Crippen LogP) is 3.74. The van der Waals surface area contributed by atoms with Crippen LogP contribution in [0.15, 0.2) is 12.1 Å². The molecule has 1 aromatic rings. The van der Waals surface area contributed by atoms with Gasteiger partial charge in [-0.2, -0.15) is 0 Å². The van der Waals surface area contributed by atoms with Crippen LogP contribution in [0.3, 0.4) is 0 Å². The van der Waals surface area contributed by atoms with Gasteiger partial charge in [-0.15, -0.1) is 0 Å². The molecule has 0 bridgehead atoms. The first-order valence-electron chi connectivity index (χ1n) is 7.57. The Labute approximate surface area is 127 Å². The van der Waals surface area contributed by atoms with Gasteiger partial charge in [0.05, 0.1) is 12.7 Å². The number of hydrogen-bond acceptors (Lipinski definition) is 4. The molecule has 21 heavy (non-hydrogen) atoms. The maximum absolute atomic E-state index is 11.8. The highest BCUT2D eigenvalue weighted by atomic mass is 16.5. The molecule has 3 N–H and O–H groups in total. The molecule has 116 valence electrons. The molecular weight excluding hydrogens is 264 g/mol. The van der Waals surface area contributed by atoms with Crippen molar-refractivity contribution in [3.8, 4) is 0 Å². The number of nitrogen functional groups attached to an aromatic ring is 1. The van der Waals surface area contributed by atoms with Crippen molar-refractivity contribution in [1.29, 1.82) is 0 Å². The van der Waals surface area contributed by atoms with Gasteiger partial charge < -0.3 is 15.8 Å². The summed E-state index contributed by atoms with van der Waals surface area (Å²) >= 11 is 0. The van der Waals surface area contributed by atoms with Crippen LogP contribution in [-0.2, 0) is 4.74 Å². The van der Waals surface area contributed by atoms with E-state index in [4.69, 9.17) is 10.5 Å². The molecule has 1 atom stereocenters. The van der Waals surface area contributed by atoms with Crippen molar-refractivity contribution in [3.05, 3.63) is 23.3 Å². The number of ether oxygens (including phenoxy) is 1. The second-order valence-electron chi connectivity index (χ2n) is 6.85. The van der Waals surface area contributed by atoms with Crippen molar-refractivity contribution in [2.24, 2.45) is 5.41 Å². The summed E-state index contributed by atoms with van der Waals surface area (Å²) in [6.07, 6.45) is 4.83. The van der Waals surface area contributed by atoms with E-state index in [-0.39, 0.29) is 5.97 Å². The zero-order valence-electron chi connectivity index (χ0n) is 13.5. The molecule has 0 aliphatic heterocycles. The van der Waals surface area contributed by atoms with Crippen LogP contribution in [0.1, 0.15) is 55.5 Å². The van der Waals surface area contributed by atoms with Gasteiger partial charge in [0.25, 0.3) is 0 Å². The number of carbonyl (C=O) groups is 1. The second kappa shape index (κ2) is 5.96. The number of aryl methyl sites for hydroxylation is 1. The Morgan fingerprint density at radius 1 is 1.43 bits per heavy atom. The monoisotopic (exact) mass is 290 g/mol. The van der Waals surface area contributed by atoms with Crippen molar-refractivity contribution in [1.82, 2.24) is 0 Å². The van der Waals surface area contributed by atoms with Gasteiger partial charge in [-0.05, 0) is 49.3 Å². The Hall–Kier alpha value is -1.71. The van der Waals surface area contributed by atoms with Gasteiger partial charge in [0.1, 0.15) is 0 Å². The van der Waals surface area contributed by atoms with Crippen LogP contribution in [0.5, 0.6) is 0 Å². The Bertz CT molecular complexity index is 538. The van der Waals surface area contributed by atoms with Crippen LogP contribution in [-0.4, -0.2) is 19.1 Å². The van der Waals surface area contributed by atoms with E-state index in [9.17, 15) is 4.79 Å². The lowest BCUT2D eigenvalue weighted by Crippen LogP contribution is -2.31. The van der Waals surface area contributed by atoms with Crippen molar-refractivity contribution in [2.75, 3.05) is 18.2 Å². The van der Waals surface area contributed by atoms with Crippen LogP contribution in [0, 0.1) is 12.3 Å². The van der Waals surface area contributed by atoms with Gasteiger partial charge >= 0.3 is 5.97 Å². The summed E-state index contributed by atoms with van der Waals surface area (Å²) in [6.45, 7) is 6.54. The number of benzene rings is 1. The van der Waals surface area contributed by atoms with E-state index in [0.29, 0.717) is 22.7 Å². The van der Waals surface area contributed by atoms with Crippen LogP contribution in [0.4, 0.5) is 11.4 Å². The van der Waals surface area contributed by atoms with E-state index < -0.39 is 0 Å². The topological polar surface area (TPSA) is 64.3 Å². The van der Waals surface area contributed by atoms with E-state index in [1.54, 1.807) is 6.07 Å². The van der Waals surface area contributed by atoms with E-state index in [0.717, 1.165) is 17.7 Å². The lowest BCUT2D eigenvalue weighted by molar-refractivity contribution is 0.0602. The Morgan fingerprint density at radius 2 is 2.14 bits per heavy atom. The largest absolute Gasteiger partial charge is 0.465 e. The minimum absolute atomic E-state index is 0.379. The minimum atomic E-state index is -0.386. The van der Waals surface area contributed by atoms with Gasteiger partial charge in [-0.1, -0.05) is 20.3 Å². The van der Waals surface area contributed by atoms with Gasteiger partial charge in [-0.3, -0.25) is 0 Å². The highest BCUT2D eigenvalue weighted by molar-refractivity contribution is 5.97. The third-order valence-corrected chi connectivity index (χ3v) is 4.37. The fourth-order valence-electron chi connectivity index (χ4n) is 3.22. The normalized spacial score (nSPS) is 20.9. The lowest BCUT2D eigenvalue weighted by Gasteiger charge is -2.36. The lowest BCUT2D eigenvalue weighted by atomic mass is 9.75. The average molecular weight is 290 g/mol. The molecule has 0 saturated heterocycles. The van der Waals surface area contributed by atoms with Crippen molar-refractivity contribution >= 4 is 17.3 Å². The number of nitrogens with one attached hydrogen (secondary N) is 1. The molecule has 4 nitrogen and oxygen atoms in total. The van der Waals surface area contributed by atoms with Crippen LogP contribution < -0.4 is 11.1 Å². The zero-order valence-corrected chi connectivity index (χ0v) is 13.5. The summed E-state index contributed by atoms with van der Waals surface area (Å²) in [7, 11) is 1.38. The Balaban J connectivity index is 2.20. The molecule has 0 aromatic heterocycles. The van der Waals surface area contributed by atoms with E-state index in [1.807, 2.05) is 13.0 Å². The predicted molar refractivity (Wildman–Crippen MR) is 86.6 cm³/mol. The van der Waals surface area contributed by atoms with E-state index in [2.05, 4.69) is 19.2 Å². The number of methoxy groups -OCH3 is 1.